The number of imidazole rings is 1. The molecule has 28 heteroatoms. The van der Waals surface area contributed by atoms with E-state index in [0.717, 1.165) is 38.2 Å². The van der Waals surface area contributed by atoms with Crippen molar-refractivity contribution < 1.29 is 45.4 Å². The molecule has 0 spiro atoms. The van der Waals surface area contributed by atoms with Gasteiger partial charge in [-0.2, -0.15) is 32.3 Å². The number of nitriles is 1. The minimum absolute atomic E-state index is 0.0302. The highest BCUT2D eigenvalue weighted by Crippen LogP contribution is 2.46. The summed E-state index contributed by atoms with van der Waals surface area (Å²) in [6.07, 6.45) is 4.29. The van der Waals surface area contributed by atoms with Crippen molar-refractivity contribution >= 4 is 141 Å². The van der Waals surface area contributed by atoms with Crippen LogP contribution in [0.3, 0.4) is 0 Å². The molecule has 7 rings (SSSR count). The highest BCUT2D eigenvalue weighted by atomic mass is 35.5. The van der Waals surface area contributed by atoms with E-state index in [1.54, 1.807) is 56.3 Å². The SMILES string of the molecule is CCCCCOc1cc(N=Nc2cc(NC(C)=O)c(N=Nc3cc(NC(C)=O)c(N=Nc4ccc(Cl)c(S(=O)(=O)O)c4)cc3SCCCC)cc2SCCCS(=O)(=O)O)c(C)cc1N=Nc1c(C)c(C#N)c2nc3ccccc3n2c1O. The molecule has 0 aliphatic rings. The van der Waals surface area contributed by atoms with Gasteiger partial charge in [0.05, 0.1) is 51.2 Å². The van der Waals surface area contributed by atoms with Gasteiger partial charge in [-0.05, 0) is 111 Å². The number of nitrogens with zero attached hydrogens (tertiary/aromatic N) is 11. The Morgan fingerprint density at radius 3 is 1.90 bits per heavy atom. The molecule has 0 saturated carbocycles. The van der Waals surface area contributed by atoms with Crippen LogP contribution in [0, 0.1) is 25.2 Å². The van der Waals surface area contributed by atoms with Crippen LogP contribution in [0.25, 0.3) is 16.7 Å². The molecule has 5 aromatic carbocycles. The third-order valence-corrected chi connectivity index (χ3v) is 16.3. The smallest absolute Gasteiger partial charge is 0.296 e. The van der Waals surface area contributed by atoms with E-state index in [9.17, 15) is 45.9 Å². The molecule has 2 aromatic heterocycles. The van der Waals surface area contributed by atoms with Gasteiger partial charge in [0, 0.05) is 35.3 Å². The number of azo groups is 4. The van der Waals surface area contributed by atoms with Crippen LogP contribution in [-0.4, -0.2) is 76.1 Å². The fraction of sp³-hybridized carbons (Fsp3) is 0.296. The van der Waals surface area contributed by atoms with Gasteiger partial charge in [0.1, 0.15) is 50.7 Å². The number of fused-ring (bicyclic) bond motifs is 3. The second-order valence-electron chi connectivity index (χ2n) is 18.3. The zero-order valence-electron chi connectivity index (χ0n) is 45.2. The molecule has 2 amide bonds. The minimum atomic E-state index is -4.69. The van der Waals surface area contributed by atoms with Gasteiger partial charge in [0.25, 0.3) is 20.2 Å². The van der Waals surface area contributed by atoms with Crippen molar-refractivity contribution in [3.63, 3.8) is 0 Å². The highest BCUT2D eigenvalue weighted by molar-refractivity contribution is 7.99. The average molecular weight is 1210 g/mol. The maximum absolute atomic E-state index is 12.8. The molecule has 0 atom stereocenters. The van der Waals surface area contributed by atoms with E-state index < -0.39 is 42.7 Å². The minimum Gasteiger partial charge on any atom is -0.493 e. The number of carbonyl (C=O) groups is 2. The topological polar surface area (TPSA) is 336 Å². The van der Waals surface area contributed by atoms with E-state index in [1.165, 1.54) is 66.0 Å². The Morgan fingerprint density at radius 1 is 0.720 bits per heavy atom. The van der Waals surface area contributed by atoms with Crippen LogP contribution >= 0.6 is 35.1 Å². The molecule has 0 bridgehead atoms. The summed E-state index contributed by atoms with van der Waals surface area (Å²) in [6, 6.07) is 22.6. The normalized spacial score (nSPS) is 12.2. The number of halogens is 1. The van der Waals surface area contributed by atoms with E-state index in [2.05, 4.69) is 69.5 Å². The van der Waals surface area contributed by atoms with Crippen LogP contribution in [-0.2, 0) is 29.8 Å². The lowest BCUT2D eigenvalue weighted by atomic mass is 10.1. The first-order chi connectivity index (χ1) is 39.1. The first kappa shape index (κ1) is 61.9. The lowest BCUT2D eigenvalue weighted by molar-refractivity contribution is -0.115. The van der Waals surface area contributed by atoms with Gasteiger partial charge in [-0.3, -0.25) is 23.1 Å². The van der Waals surface area contributed by atoms with Crippen LogP contribution in [0.15, 0.2) is 134 Å². The second-order valence-corrected chi connectivity index (χ2v) is 24.0. The molecule has 0 aliphatic heterocycles. The van der Waals surface area contributed by atoms with Crippen LogP contribution in [0.4, 0.5) is 56.9 Å². The Labute approximate surface area is 486 Å². The number of aromatic hydroxyl groups is 1. The zero-order chi connectivity index (χ0) is 59.3. The number of anilines is 2. The van der Waals surface area contributed by atoms with Crippen LogP contribution in [0.5, 0.6) is 11.6 Å². The first-order valence-corrected chi connectivity index (χ1v) is 30.8. The molecule has 23 nitrogen and oxygen atoms in total. The predicted octanol–water partition coefficient (Wildman–Crippen LogP) is 16.0. The maximum atomic E-state index is 12.8. The Hall–Kier alpha value is -7.71. The summed E-state index contributed by atoms with van der Waals surface area (Å²) in [5, 5.41) is 63.1. The standard InChI is InChI=1S/C54H56ClN13O10S4/c1-7-9-13-19-78-48-27-39(31(3)23-44(48)64-67-52-32(4)36(30-56)53-59-38-15-11-12-16-47(38)68(53)54(52)71)61-65-45-26-41(58-34(6)70)43(29-50(45)80-21-14-22-81(72,73)74)63-66-46-25-40(57-33(5)69)42(28-49(46)79-20-10-8-2)62-60-35-17-18-37(55)51(24-35)82(75,76)77/h11-12,15-18,23-29,71H,7-10,13-14,19-22H2,1-6H3,(H,57,69)(H,58,70)(H,72,73,74)(H,75,76,77). The monoisotopic (exact) mass is 1210 g/mol. The number of aromatic nitrogens is 2. The summed E-state index contributed by atoms with van der Waals surface area (Å²) >= 11 is 8.62. The van der Waals surface area contributed by atoms with Crippen molar-refractivity contribution in [2.75, 3.05) is 34.5 Å². The molecule has 7 aromatic rings. The van der Waals surface area contributed by atoms with Gasteiger partial charge in [0.15, 0.2) is 11.3 Å². The molecule has 2 heterocycles. The van der Waals surface area contributed by atoms with Gasteiger partial charge in [-0.15, -0.1) is 54.2 Å². The molecule has 0 radical (unpaired) electrons. The number of rotatable bonds is 25. The zero-order valence-corrected chi connectivity index (χ0v) is 49.2. The molecular formula is C54H56ClN13O10S4. The van der Waals surface area contributed by atoms with E-state index in [-0.39, 0.29) is 79.8 Å². The molecule has 0 saturated heterocycles. The number of ether oxygens (including phenoxy) is 1. The Balaban J connectivity index is 1.30. The number of unbranched alkanes of at least 4 members (excludes halogenated alkanes) is 3. The summed E-state index contributed by atoms with van der Waals surface area (Å²) in [7, 11) is -8.98. The molecule has 5 N–H and O–H groups in total. The summed E-state index contributed by atoms with van der Waals surface area (Å²) in [5.74, 6) is -0.588. The highest BCUT2D eigenvalue weighted by Gasteiger charge is 2.22. The fourth-order valence-electron chi connectivity index (χ4n) is 7.90. The fourth-order valence-corrected chi connectivity index (χ4v) is 11.6. The number of benzene rings is 5. The van der Waals surface area contributed by atoms with E-state index in [0.29, 0.717) is 61.4 Å². The number of nitrogens with one attached hydrogen (secondary N) is 2. The number of thioether (sulfide) groups is 2. The first-order valence-electron chi connectivity index (χ1n) is 25.4. The van der Waals surface area contributed by atoms with Crippen molar-refractivity contribution in [3.05, 3.63) is 101 Å². The number of carbonyl (C=O) groups excluding carboxylic acids is 2. The Bertz CT molecular complexity index is 4000. The lowest BCUT2D eigenvalue weighted by Crippen LogP contribution is -2.06. The predicted molar refractivity (Wildman–Crippen MR) is 317 cm³/mol. The Morgan fingerprint density at radius 2 is 1.30 bits per heavy atom. The average Bonchev–Trinajstić information content (AvgIpc) is 3.27. The summed E-state index contributed by atoms with van der Waals surface area (Å²) < 4.78 is 74.3. The number of pyridine rings is 1. The summed E-state index contributed by atoms with van der Waals surface area (Å²) in [5.41, 5.74) is 4.49. The van der Waals surface area contributed by atoms with E-state index in [1.807, 2.05) is 13.0 Å². The molecular weight excluding hydrogens is 1150 g/mol. The number of hydrogen-bond acceptors (Lipinski definition) is 20. The number of para-hydroxylation sites is 2. The summed E-state index contributed by atoms with van der Waals surface area (Å²) in [6.45, 7) is 10.4. The van der Waals surface area contributed by atoms with Crippen molar-refractivity contribution in [1.29, 1.82) is 5.26 Å². The maximum Gasteiger partial charge on any atom is 0.296 e. The third-order valence-electron chi connectivity index (χ3n) is 11.9. The van der Waals surface area contributed by atoms with Gasteiger partial charge >= 0.3 is 0 Å². The third kappa shape index (κ3) is 16.1. The second kappa shape index (κ2) is 27.8. The lowest BCUT2D eigenvalue weighted by Gasteiger charge is -2.13. The van der Waals surface area contributed by atoms with Crippen LogP contribution in [0.1, 0.15) is 82.9 Å². The summed E-state index contributed by atoms with van der Waals surface area (Å²) in [4.78, 5) is 30.4. The van der Waals surface area contributed by atoms with Crippen molar-refractivity contribution in [3.8, 4) is 17.7 Å². The van der Waals surface area contributed by atoms with Crippen molar-refractivity contribution in [1.82, 2.24) is 9.38 Å². The molecule has 0 unspecified atom stereocenters. The van der Waals surface area contributed by atoms with Gasteiger partial charge in [0.2, 0.25) is 17.7 Å². The quantitative estimate of drug-likeness (QED) is 0.0154. The molecule has 428 valence electrons. The van der Waals surface area contributed by atoms with Crippen LogP contribution in [0.2, 0.25) is 5.02 Å². The van der Waals surface area contributed by atoms with Crippen molar-refractivity contribution in [2.45, 2.75) is 94.8 Å². The van der Waals surface area contributed by atoms with Crippen LogP contribution < -0.4 is 15.4 Å². The molecule has 0 aliphatic carbocycles. The number of aryl methyl sites for hydroxylation is 1. The van der Waals surface area contributed by atoms with Gasteiger partial charge in [-0.25, -0.2) is 4.98 Å². The van der Waals surface area contributed by atoms with E-state index in [4.69, 9.17) is 16.3 Å². The Kier molecular flexibility index (Phi) is 21.0. The number of hydrogen-bond donors (Lipinski definition) is 5. The van der Waals surface area contributed by atoms with Gasteiger partial charge < -0.3 is 20.5 Å². The van der Waals surface area contributed by atoms with Crippen molar-refractivity contribution in [2.24, 2.45) is 40.9 Å². The number of amides is 2. The molecule has 0 fully saturated rings. The largest absolute Gasteiger partial charge is 0.493 e. The van der Waals surface area contributed by atoms with Gasteiger partial charge in [-0.1, -0.05) is 56.8 Å². The molecule has 82 heavy (non-hydrogen) atoms. The van der Waals surface area contributed by atoms with E-state index >= 15 is 0 Å².